The van der Waals surface area contributed by atoms with Crippen LogP contribution in [0.4, 0.5) is 23.7 Å². The lowest BCUT2D eigenvalue weighted by atomic mass is 9.89. The minimum Gasteiger partial charge on any atom is -0.322 e. The third-order valence-corrected chi connectivity index (χ3v) is 4.64. The minimum atomic E-state index is -4.68. The molecule has 3 rings (SSSR count). The van der Waals surface area contributed by atoms with E-state index >= 15 is 0 Å². The minimum absolute atomic E-state index is 0.0496. The van der Waals surface area contributed by atoms with Crippen molar-refractivity contribution < 1.29 is 22.8 Å². The van der Waals surface area contributed by atoms with Crippen molar-refractivity contribution in [3.05, 3.63) is 29.3 Å². The summed E-state index contributed by atoms with van der Waals surface area (Å²) in [7, 11) is 1.55. The Bertz CT molecular complexity index is 754. The first kappa shape index (κ1) is 16.3. The predicted molar refractivity (Wildman–Crippen MR) is 78.2 cm³/mol. The number of alkyl halides is 3. The molecule has 2 amide bonds. The van der Waals surface area contributed by atoms with Crippen LogP contribution in [0.1, 0.15) is 30.4 Å². The fourth-order valence-corrected chi connectivity index (χ4v) is 3.44. The lowest BCUT2D eigenvalue weighted by molar-refractivity contribution is -0.137. The molecular weight excluding hydrogens is 323 g/mol. The fraction of sp³-hybridized carbons (Fsp3) is 0.438. The number of urea groups is 1. The van der Waals surface area contributed by atoms with Crippen molar-refractivity contribution in [1.82, 2.24) is 4.90 Å². The van der Waals surface area contributed by atoms with E-state index in [1.165, 1.54) is 21.9 Å². The first-order valence-electron chi connectivity index (χ1n) is 7.43. The molecular formula is C16H14F3N3O2. The van der Waals surface area contributed by atoms with Crippen molar-refractivity contribution in [2.24, 2.45) is 0 Å². The normalized spacial score (nSPS) is 24.1. The summed E-state index contributed by atoms with van der Waals surface area (Å²) in [5, 5.41) is 8.87. The standard InChI is InChI=1S/C16H14F3N3O2/c1-21-14-7-11(23)4-5-13(14)22(15(21)24)10-3-2-9(8-20)12(6-10)16(17,18)19/h2-3,6,13-14H,4-5,7H2,1H3/t13-,14-/m0/s1. The van der Waals surface area contributed by atoms with Gasteiger partial charge in [0.05, 0.1) is 29.3 Å². The van der Waals surface area contributed by atoms with Crippen LogP contribution in [0.3, 0.4) is 0 Å². The summed E-state index contributed by atoms with van der Waals surface area (Å²) in [4.78, 5) is 26.8. The second-order valence-electron chi connectivity index (χ2n) is 6.02. The zero-order valence-corrected chi connectivity index (χ0v) is 12.8. The Hall–Kier alpha value is -2.56. The highest BCUT2D eigenvalue weighted by molar-refractivity contribution is 5.97. The van der Waals surface area contributed by atoms with Gasteiger partial charge in [-0.05, 0) is 24.6 Å². The summed E-state index contributed by atoms with van der Waals surface area (Å²) in [5.41, 5.74) is -1.45. The third kappa shape index (κ3) is 2.50. The van der Waals surface area contributed by atoms with Crippen LogP contribution in [0.2, 0.25) is 0 Å². The van der Waals surface area contributed by atoms with E-state index in [2.05, 4.69) is 0 Å². The number of amides is 2. The van der Waals surface area contributed by atoms with Gasteiger partial charge in [-0.2, -0.15) is 18.4 Å². The third-order valence-electron chi connectivity index (χ3n) is 4.64. The number of likely N-dealkylation sites (N-methyl/N-ethyl adjacent to an activating group) is 1. The van der Waals surface area contributed by atoms with Gasteiger partial charge in [-0.15, -0.1) is 0 Å². The van der Waals surface area contributed by atoms with Gasteiger partial charge in [-0.25, -0.2) is 4.79 Å². The molecule has 8 heteroatoms. The maximum Gasteiger partial charge on any atom is 0.417 e. The molecule has 5 nitrogen and oxygen atoms in total. The number of Topliss-reactive ketones (excluding diaryl/α,β-unsaturated/α-hetero) is 1. The number of halogens is 3. The van der Waals surface area contributed by atoms with Gasteiger partial charge in [0.25, 0.3) is 0 Å². The molecule has 0 bridgehead atoms. The van der Waals surface area contributed by atoms with Crippen LogP contribution >= 0.6 is 0 Å². The first-order chi connectivity index (χ1) is 11.2. The van der Waals surface area contributed by atoms with Crippen molar-refractivity contribution in [3.63, 3.8) is 0 Å². The molecule has 0 N–H and O–H groups in total. The molecule has 1 heterocycles. The average molecular weight is 337 g/mol. The molecule has 1 aliphatic carbocycles. The second-order valence-corrected chi connectivity index (χ2v) is 6.02. The largest absolute Gasteiger partial charge is 0.417 e. The van der Waals surface area contributed by atoms with Crippen LogP contribution in [-0.2, 0) is 11.0 Å². The summed E-state index contributed by atoms with van der Waals surface area (Å²) >= 11 is 0. The molecule has 2 atom stereocenters. The number of hydrogen-bond acceptors (Lipinski definition) is 3. The maximum absolute atomic E-state index is 13.2. The van der Waals surface area contributed by atoms with Crippen molar-refractivity contribution >= 4 is 17.5 Å². The second kappa shape index (κ2) is 5.51. The van der Waals surface area contributed by atoms with E-state index in [9.17, 15) is 22.8 Å². The Morgan fingerprint density at radius 1 is 1.25 bits per heavy atom. The zero-order chi connectivity index (χ0) is 17.6. The summed E-state index contributed by atoms with van der Waals surface area (Å²) in [6, 6.07) is 3.68. The van der Waals surface area contributed by atoms with E-state index in [-0.39, 0.29) is 30.0 Å². The summed E-state index contributed by atoms with van der Waals surface area (Å²) in [5.74, 6) is 0.0496. The van der Waals surface area contributed by atoms with Gasteiger partial charge in [0.15, 0.2) is 0 Å². The SMILES string of the molecule is CN1C(=O)N(c2ccc(C#N)c(C(F)(F)F)c2)[C@H]2CCC(=O)C[C@@H]21. The number of ketones is 1. The van der Waals surface area contributed by atoms with E-state index < -0.39 is 23.3 Å². The number of carbonyl (C=O) groups is 2. The van der Waals surface area contributed by atoms with Crippen molar-refractivity contribution in [1.29, 1.82) is 5.26 Å². The van der Waals surface area contributed by atoms with Crippen molar-refractivity contribution in [3.8, 4) is 6.07 Å². The Balaban J connectivity index is 2.04. The Kier molecular flexibility index (Phi) is 3.74. The lowest BCUT2D eigenvalue weighted by Gasteiger charge is -2.30. The summed E-state index contributed by atoms with van der Waals surface area (Å²) < 4.78 is 39.5. The highest BCUT2D eigenvalue weighted by atomic mass is 19.4. The molecule has 1 aromatic rings. The molecule has 0 spiro atoms. The van der Waals surface area contributed by atoms with Crippen molar-refractivity contribution in [2.45, 2.75) is 37.5 Å². The molecule has 0 radical (unpaired) electrons. The average Bonchev–Trinajstić information content (AvgIpc) is 2.77. The molecule has 126 valence electrons. The van der Waals surface area contributed by atoms with Crippen molar-refractivity contribution in [2.75, 3.05) is 11.9 Å². The van der Waals surface area contributed by atoms with E-state index in [4.69, 9.17) is 5.26 Å². The maximum atomic E-state index is 13.2. The van der Waals surface area contributed by atoms with Crippen LogP contribution in [0.15, 0.2) is 18.2 Å². The molecule has 1 aromatic carbocycles. The van der Waals surface area contributed by atoms with Crippen LogP contribution < -0.4 is 4.90 Å². The highest BCUT2D eigenvalue weighted by Gasteiger charge is 2.47. The number of hydrogen-bond donors (Lipinski definition) is 0. The lowest BCUT2D eigenvalue weighted by Crippen LogP contribution is -2.42. The number of fused-ring (bicyclic) bond motifs is 1. The predicted octanol–water partition coefficient (Wildman–Crippen LogP) is 2.94. The molecule has 1 saturated carbocycles. The molecule has 0 unspecified atom stereocenters. The van der Waals surface area contributed by atoms with Gasteiger partial charge in [0.1, 0.15) is 5.78 Å². The first-order valence-corrected chi connectivity index (χ1v) is 7.43. The fourth-order valence-electron chi connectivity index (χ4n) is 3.44. The molecule has 0 aromatic heterocycles. The van der Waals surface area contributed by atoms with E-state index in [0.29, 0.717) is 12.8 Å². The van der Waals surface area contributed by atoms with Gasteiger partial charge in [0, 0.05) is 25.6 Å². The van der Waals surface area contributed by atoms with Crippen LogP contribution in [0.25, 0.3) is 0 Å². The highest BCUT2D eigenvalue weighted by Crippen LogP contribution is 2.39. The molecule has 24 heavy (non-hydrogen) atoms. The van der Waals surface area contributed by atoms with Crippen LogP contribution in [0, 0.1) is 11.3 Å². The Morgan fingerprint density at radius 3 is 2.58 bits per heavy atom. The zero-order valence-electron chi connectivity index (χ0n) is 12.8. The summed E-state index contributed by atoms with van der Waals surface area (Å²) in [6.07, 6.45) is -3.74. The van der Waals surface area contributed by atoms with E-state index in [1.807, 2.05) is 0 Å². The van der Waals surface area contributed by atoms with Gasteiger partial charge in [-0.3, -0.25) is 9.69 Å². The van der Waals surface area contributed by atoms with E-state index in [1.54, 1.807) is 7.05 Å². The number of anilines is 1. The number of nitrogens with zero attached hydrogens (tertiary/aromatic N) is 3. The quantitative estimate of drug-likeness (QED) is 0.791. The number of benzene rings is 1. The van der Waals surface area contributed by atoms with Gasteiger partial charge < -0.3 is 4.90 Å². The topological polar surface area (TPSA) is 64.4 Å². The van der Waals surface area contributed by atoms with Crippen LogP contribution in [-0.4, -0.2) is 35.8 Å². The van der Waals surface area contributed by atoms with Gasteiger partial charge in [0.2, 0.25) is 0 Å². The van der Waals surface area contributed by atoms with Crippen LogP contribution in [0.5, 0.6) is 0 Å². The Labute approximate surface area is 136 Å². The molecule has 2 fully saturated rings. The molecule has 1 saturated heterocycles. The van der Waals surface area contributed by atoms with E-state index in [0.717, 1.165) is 12.1 Å². The number of nitriles is 1. The van der Waals surface area contributed by atoms with Gasteiger partial charge in [-0.1, -0.05) is 0 Å². The number of rotatable bonds is 1. The molecule has 1 aliphatic heterocycles. The van der Waals surface area contributed by atoms with Gasteiger partial charge >= 0.3 is 12.2 Å². The Morgan fingerprint density at radius 2 is 1.96 bits per heavy atom. The monoisotopic (exact) mass is 337 g/mol. The summed E-state index contributed by atoms with van der Waals surface area (Å²) in [6.45, 7) is 0. The smallest absolute Gasteiger partial charge is 0.322 e. The molecule has 2 aliphatic rings. The number of carbonyl (C=O) groups excluding carboxylic acids is 2.